The van der Waals surface area contributed by atoms with E-state index in [4.69, 9.17) is 4.74 Å². The van der Waals surface area contributed by atoms with Gasteiger partial charge < -0.3 is 14.7 Å². The van der Waals surface area contributed by atoms with Crippen LogP contribution in [-0.2, 0) is 4.74 Å². The number of carbonyl (C=O) groups excluding carboxylic acids is 1. The van der Waals surface area contributed by atoms with Gasteiger partial charge in [-0.05, 0) is 37.3 Å². The SMILES string of the molecule is O=C(c1cnc2ccccc2c1)N1CC[C@H](N2CCOCC2)[C@H](CCCO)C1. The van der Waals surface area contributed by atoms with E-state index in [2.05, 4.69) is 9.88 Å². The standard InChI is InChI=1S/C22H29N3O3/c26-11-3-5-18-16-25(8-7-21(18)24-9-12-28-13-10-24)22(27)19-14-17-4-1-2-6-20(17)23-15-19/h1-2,4,6,14-15,18,21,26H,3,5,7-13,16H2/t18-,21+/m1/s1. The number of piperidine rings is 1. The number of likely N-dealkylation sites (tertiary alicyclic amines) is 1. The Morgan fingerprint density at radius 2 is 2.04 bits per heavy atom. The lowest BCUT2D eigenvalue weighted by Crippen LogP contribution is -2.55. The van der Waals surface area contributed by atoms with Crippen LogP contribution in [0.1, 0.15) is 29.6 Å². The number of aromatic nitrogens is 1. The summed E-state index contributed by atoms with van der Waals surface area (Å²) in [4.78, 5) is 22.1. The Morgan fingerprint density at radius 1 is 1.21 bits per heavy atom. The topological polar surface area (TPSA) is 65.9 Å². The Labute approximate surface area is 166 Å². The molecule has 6 nitrogen and oxygen atoms in total. The van der Waals surface area contributed by atoms with E-state index in [9.17, 15) is 9.90 Å². The smallest absolute Gasteiger partial charge is 0.255 e. The molecule has 28 heavy (non-hydrogen) atoms. The Morgan fingerprint density at radius 3 is 2.86 bits per heavy atom. The number of pyridine rings is 1. The summed E-state index contributed by atoms with van der Waals surface area (Å²) >= 11 is 0. The average molecular weight is 383 g/mol. The van der Waals surface area contributed by atoms with Crippen molar-refractivity contribution in [3.05, 3.63) is 42.1 Å². The van der Waals surface area contributed by atoms with E-state index >= 15 is 0 Å². The lowest BCUT2D eigenvalue weighted by atomic mass is 9.86. The number of amides is 1. The van der Waals surface area contributed by atoms with Gasteiger partial charge in [-0.15, -0.1) is 0 Å². The molecule has 0 bridgehead atoms. The van der Waals surface area contributed by atoms with Gasteiger partial charge in [0.15, 0.2) is 0 Å². The van der Waals surface area contributed by atoms with Gasteiger partial charge in [-0.25, -0.2) is 0 Å². The largest absolute Gasteiger partial charge is 0.396 e. The number of nitrogens with zero attached hydrogens (tertiary/aromatic N) is 3. The minimum absolute atomic E-state index is 0.0627. The number of hydrogen-bond acceptors (Lipinski definition) is 5. The van der Waals surface area contributed by atoms with Crippen molar-refractivity contribution in [1.29, 1.82) is 0 Å². The molecule has 1 aromatic carbocycles. The first kappa shape index (κ1) is 19.3. The monoisotopic (exact) mass is 383 g/mol. The van der Waals surface area contributed by atoms with Crippen LogP contribution in [0, 0.1) is 5.92 Å². The van der Waals surface area contributed by atoms with Gasteiger partial charge in [0.1, 0.15) is 0 Å². The van der Waals surface area contributed by atoms with Gasteiger partial charge in [0.05, 0.1) is 24.3 Å². The van der Waals surface area contributed by atoms with Gasteiger partial charge >= 0.3 is 0 Å². The van der Waals surface area contributed by atoms with E-state index in [1.165, 1.54) is 0 Å². The third-order valence-corrected chi connectivity index (χ3v) is 6.07. The van der Waals surface area contributed by atoms with Crippen molar-refractivity contribution in [3.8, 4) is 0 Å². The molecular weight excluding hydrogens is 354 g/mol. The Bertz CT molecular complexity index is 806. The molecule has 2 atom stereocenters. The summed E-state index contributed by atoms with van der Waals surface area (Å²) in [6.07, 6.45) is 4.40. The molecule has 1 aromatic heterocycles. The van der Waals surface area contributed by atoms with Gasteiger partial charge in [0.25, 0.3) is 5.91 Å². The maximum absolute atomic E-state index is 13.1. The molecule has 2 saturated heterocycles. The molecule has 2 aromatic rings. The van der Waals surface area contributed by atoms with E-state index in [-0.39, 0.29) is 12.5 Å². The lowest BCUT2D eigenvalue weighted by Gasteiger charge is -2.45. The van der Waals surface area contributed by atoms with Crippen LogP contribution in [-0.4, -0.2) is 77.8 Å². The number of aliphatic hydroxyl groups excluding tert-OH is 1. The third-order valence-electron chi connectivity index (χ3n) is 6.07. The first-order chi connectivity index (χ1) is 13.8. The number of hydrogen-bond donors (Lipinski definition) is 1. The number of morpholine rings is 1. The summed E-state index contributed by atoms with van der Waals surface area (Å²) in [6, 6.07) is 10.3. The van der Waals surface area contributed by atoms with Gasteiger partial charge in [0.2, 0.25) is 0 Å². The minimum atomic E-state index is 0.0627. The number of fused-ring (bicyclic) bond motifs is 1. The molecule has 150 valence electrons. The number of ether oxygens (including phenoxy) is 1. The second kappa shape index (κ2) is 8.99. The van der Waals surface area contributed by atoms with Gasteiger partial charge in [-0.2, -0.15) is 0 Å². The van der Waals surface area contributed by atoms with Crippen LogP contribution in [0.3, 0.4) is 0 Å². The van der Waals surface area contributed by atoms with Crippen molar-refractivity contribution in [1.82, 2.24) is 14.8 Å². The molecule has 0 unspecified atom stereocenters. The second-order valence-corrected chi connectivity index (χ2v) is 7.80. The Kier molecular flexibility index (Phi) is 6.20. The van der Waals surface area contributed by atoms with Crippen LogP contribution in [0.25, 0.3) is 10.9 Å². The molecule has 2 fully saturated rings. The quantitative estimate of drug-likeness (QED) is 0.857. The van der Waals surface area contributed by atoms with Gasteiger partial charge in [-0.1, -0.05) is 18.2 Å². The van der Waals surface area contributed by atoms with E-state index < -0.39 is 0 Å². The van der Waals surface area contributed by atoms with Gasteiger partial charge in [0, 0.05) is 50.4 Å². The highest BCUT2D eigenvalue weighted by molar-refractivity contribution is 5.97. The first-order valence-corrected chi connectivity index (χ1v) is 10.3. The Hall–Kier alpha value is -2.02. The normalized spacial score (nSPS) is 23.8. The van der Waals surface area contributed by atoms with Crippen molar-refractivity contribution in [2.75, 3.05) is 46.0 Å². The Balaban J connectivity index is 1.48. The average Bonchev–Trinajstić information content (AvgIpc) is 2.77. The molecule has 0 radical (unpaired) electrons. The number of aliphatic hydroxyl groups is 1. The van der Waals surface area contributed by atoms with Crippen molar-refractivity contribution in [3.63, 3.8) is 0 Å². The molecule has 6 heteroatoms. The predicted molar refractivity (Wildman–Crippen MR) is 108 cm³/mol. The number of rotatable bonds is 5. The van der Waals surface area contributed by atoms with Crippen molar-refractivity contribution in [2.24, 2.45) is 5.92 Å². The van der Waals surface area contributed by atoms with Crippen LogP contribution < -0.4 is 0 Å². The zero-order valence-electron chi connectivity index (χ0n) is 16.3. The molecule has 3 heterocycles. The fourth-order valence-corrected chi connectivity index (χ4v) is 4.60. The molecular formula is C22H29N3O3. The molecule has 0 saturated carbocycles. The molecule has 4 rings (SSSR count). The van der Waals surface area contributed by atoms with Crippen LogP contribution in [0.4, 0.5) is 0 Å². The van der Waals surface area contributed by atoms with Crippen molar-refractivity contribution < 1.29 is 14.6 Å². The second-order valence-electron chi connectivity index (χ2n) is 7.80. The highest BCUT2D eigenvalue weighted by atomic mass is 16.5. The number of carbonyl (C=O) groups is 1. The van der Waals surface area contributed by atoms with E-state index in [0.717, 1.165) is 69.6 Å². The minimum Gasteiger partial charge on any atom is -0.396 e. The van der Waals surface area contributed by atoms with Gasteiger partial charge in [-0.3, -0.25) is 14.7 Å². The summed E-state index contributed by atoms with van der Waals surface area (Å²) in [5, 5.41) is 10.3. The van der Waals surface area contributed by atoms with E-state index in [1.54, 1.807) is 6.20 Å². The molecule has 1 N–H and O–H groups in total. The number of benzene rings is 1. The fraction of sp³-hybridized carbons (Fsp3) is 0.545. The summed E-state index contributed by atoms with van der Waals surface area (Å²) in [7, 11) is 0. The highest BCUT2D eigenvalue weighted by Gasteiger charge is 2.35. The molecule has 2 aliphatic rings. The molecule has 0 aliphatic carbocycles. The predicted octanol–water partition coefficient (Wildman–Crippen LogP) is 2.17. The van der Waals surface area contributed by atoms with Crippen LogP contribution >= 0.6 is 0 Å². The number of para-hydroxylation sites is 1. The van der Waals surface area contributed by atoms with Crippen LogP contribution in [0.5, 0.6) is 0 Å². The lowest BCUT2D eigenvalue weighted by molar-refractivity contribution is -0.0196. The molecule has 0 spiro atoms. The first-order valence-electron chi connectivity index (χ1n) is 10.3. The highest BCUT2D eigenvalue weighted by Crippen LogP contribution is 2.28. The van der Waals surface area contributed by atoms with Crippen LogP contribution in [0.15, 0.2) is 36.5 Å². The molecule has 2 aliphatic heterocycles. The van der Waals surface area contributed by atoms with Crippen molar-refractivity contribution in [2.45, 2.75) is 25.3 Å². The van der Waals surface area contributed by atoms with E-state index in [0.29, 0.717) is 17.5 Å². The maximum Gasteiger partial charge on any atom is 0.255 e. The summed E-state index contributed by atoms with van der Waals surface area (Å²) in [5.74, 6) is 0.448. The molecule has 1 amide bonds. The van der Waals surface area contributed by atoms with E-state index in [1.807, 2.05) is 35.2 Å². The summed E-state index contributed by atoms with van der Waals surface area (Å²) < 4.78 is 5.51. The van der Waals surface area contributed by atoms with Crippen molar-refractivity contribution >= 4 is 16.8 Å². The fourth-order valence-electron chi connectivity index (χ4n) is 4.60. The maximum atomic E-state index is 13.1. The van der Waals surface area contributed by atoms with Crippen LogP contribution in [0.2, 0.25) is 0 Å². The zero-order chi connectivity index (χ0) is 19.3. The summed E-state index contributed by atoms with van der Waals surface area (Å²) in [5.41, 5.74) is 1.57. The third kappa shape index (κ3) is 4.19. The zero-order valence-corrected chi connectivity index (χ0v) is 16.3. The summed E-state index contributed by atoms with van der Waals surface area (Å²) in [6.45, 7) is 5.21.